The Bertz CT molecular complexity index is 1360. The molecule has 1 saturated heterocycles. The minimum absolute atomic E-state index is 0.0449. The number of carbonyl (C=O) groups is 1. The van der Waals surface area contributed by atoms with Gasteiger partial charge in [0.15, 0.2) is 5.16 Å². The Hall–Kier alpha value is -3.65. The third kappa shape index (κ3) is 4.54. The monoisotopic (exact) mass is 471 g/mol. The maximum Gasteiger partial charge on any atom is 0.266 e. The first-order valence-corrected chi connectivity index (χ1v) is 12.2. The van der Waals surface area contributed by atoms with Crippen LogP contribution in [0.4, 0.5) is 5.82 Å². The van der Waals surface area contributed by atoms with Gasteiger partial charge in [-0.05, 0) is 43.3 Å². The van der Waals surface area contributed by atoms with Gasteiger partial charge >= 0.3 is 0 Å². The Kier molecular flexibility index (Phi) is 6.31. The Balaban J connectivity index is 1.34. The van der Waals surface area contributed by atoms with Gasteiger partial charge in [-0.1, -0.05) is 47.7 Å². The van der Waals surface area contributed by atoms with Crippen LogP contribution in [0, 0.1) is 6.92 Å². The zero-order valence-corrected chi connectivity index (χ0v) is 19.7. The SMILES string of the molecule is Cc1ccc(-n2c(SCC(=O)N3CCN(c4ccccn4)CC3)nc3ccccc3c2=O)cc1. The molecule has 2 aromatic carbocycles. The minimum atomic E-state index is -0.131. The van der Waals surface area contributed by atoms with E-state index in [-0.39, 0.29) is 17.2 Å². The summed E-state index contributed by atoms with van der Waals surface area (Å²) >= 11 is 1.31. The quantitative estimate of drug-likeness (QED) is 0.328. The van der Waals surface area contributed by atoms with Crippen LogP contribution >= 0.6 is 11.8 Å². The number of thioether (sulfide) groups is 1. The van der Waals surface area contributed by atoms with Gasteiger partial charge in [0, 0.05) is 32.4 Å². The van der Waals surface area contributed by atoms with E-state index >= 15 is 0 Å². The summed E-state index contributed by atoms with van der Waals surface area (Å²) < 4.78 is 1.61. The summed E-state index contributed by atoms with van der Waals surface area (Å²) in [6, 6.07) is 21.0. The third-order valence-electron chi connectivity index (χ3n) is 5.97. The minimum Gasteiger partial charge on any atom is -0.353 e. The maximum absolute atomic E-state index is 13.4. The van der Waals surface area contributed by atoms with E-state index in [9.17, 15) is 9.59 Å². The molecule has 0 atom stereocenters. The highest BCUT2D eigenvalue weighted by Gasteiger charge is 2.23. The summed E-state index contributed by atoms with van der Waals surface area (Å²) in [5, 5.41) is 1.08. The number of aromatic nitrogens is 3. The average Bonchev–Trinajstić information content (AvgIpc) is 2.89. The lowest BCUT2D eigenvalue weighted by molar-refractivity contribution is -0.128. The van der Waals surface area contributed by atoms with Gasteiger partial charge in [-0.25, -0.2) is 9.97 Å². The summed E-state index contributed by atoms with van der Waals surface area (Å²) in [5.74, 6) is 1.20. The van der Waals surface area contributed by atoms with E-state index < -0.39 is 0 Å². The maximum atomic E-state index is 13.4. The number of hydrogen-bond donors (Lipinski definition) is 0. The van der Waals surface area contributed by atoms with Crippen molar-refractivity contribution in [2.45, 2.75) is 12.1 Å². The Morgan fingerprint density at radius 3 is 2.41 bits per heavy atom. The topological polar surface area (TPSA) is 71.3 Å². The lowest BCUT2D eigenvalue weighted by atomic mass is 10.2. The van der Waals surface area contributed by atoms with Gasteiger partial charge in [0.05, 0.1) is 22.3 Å². The van der Waals surface area contributed by atoms with Crippen LogP contribution in [-0.4, -0.2) is 57.3 Å². The smallest absolute Gasteiger partial charge is 0.266 e. The Labute approximate surface area is 202 Å². The number of hydrogen-bond acceptors (Lipinski definition) is 6. The fourth-order valence-corrected chi connectivity index (χ4v) is 4.99. The van der Waals surface area contributed by atoms with Crippen LogP contribution < -0.4 is 10.5 Å². The van der Waals surface area contributed by atoms with Gasteiger partial charge < -0.3 is 9.80 Å². The Morgan fingerprint density at radius 1 is 0.941 bits per heavy atom. The van der Waals surface area contributed by atoms with Crippen molar-refractivity contribution in [3.8, 4) is 5.69 Å². The van der Waals surface area contributed by atoms with Gasteiger partial charge in [0.1, 0.15) is 5.82 Å². The molecule has 7 nitrogen and oxygen atoms in total. The molecule has 172 valence electrons. The highest BCUT2D eigenvalue weighted by Crippen LogP contribution is 2.22. The van der Waals surface area contributed by atoms with Gasteiger partial charge in [0.2, 0.25) is 5.91 Å². The molecule has 0 N–H and O–H groups in total. The van der Waals surface area contributed by atoms with E-state index in [0.29, 0.717) is 29.1 Å². The summed E-state index contributed by atoms with van der Waals surface area (Å²) in [6.45, 7) is 4.79. The van der Waals surface area contributed by atoms with Crippen LogP contribution in [0.5, 0.6) is 0 Å². The van der Waals surface area contributed by atoms with Crippen molar-refractivity contribution in [1.82, 2.24) is 19.4 Å². The van der Waals surface area contributed by atoms with Crippen LogP contribution in [0.3, 0.4) is 0 Å². The van der Waals surface area contributed by atoms with Crippen molar-refractivity contribution in [3.05, 3.63) is 88.8 Å². The zero-order chi connectivity index (χ0) is 23.5. The number of piperazine rings is 1. The molecular weight excluding hydrogens is 446 g/mol. The van der Waals surface area contributed by atoms with Crippen molar-refractivity contribution < 1.29 is 4.79 Å². The highest BCUT2D eigenvalue weighted by atomic mass is 32.2. The van der Waals surface area contributed by atoms with E-state index in [2.05, 4.69) is 9.88 Å². The number of fused-ring (bicyclic) bond motifs is 1. The number of para-hydroxylation sites is 1. The normalized spacial score (nSPS) is 13.9. The lowest BCUT2D eigenvalue weighted by Crippen LogP contribution is -2.49. The molecular formula is C26H25N5O2S. The molecule has 0 radical (unpaired) electrons. The number of pyridine rings is 1. The van der Waals surface area contributed by atoms with Gasteiger partial charge in [0.25, 0.3) is 5.56 Å². The molecule has 34 heavy (non-hydrogen) atoms. The second kappa shape index (κ2) is 9.69. The second-order valence-electron chi connectivity index (χ2n) is 8.23. The van der Waals surface area contributed by atoms with Gasteiger partial charge in [-0.2, -0.15) is 0 Å². The predicted octanol–water partition coefficient (Wildman–Crippen LogP) is 3.53. The third-order valence-corrected chi connectivity index (χ3v) is 6.89. The molecule has 0 bridgehead atoms. The fourth-order valence-electron chi connectivity index (χ4n) is 4.07. The summed E-state index contributed by atoms with van der Waals surface area (Å²) in [5.41, 5.74) is 2.36. The molecule has 0 aliphatic carbocycles. The van der Waals surface area contributed by atoms with E-state index in [4.69, 9.17) is 4.98 Å². The van der Waals surface area contributed by atoms with Crippen LogP contribution in [0.15, 0.2) is 82.9 Å². The number of carbonyl (C=O) groups excluding carboxylic acids is 1. The number of nitrogens with zero attached hydrogens (tertiary/aromatic N) is 5. The van der Waals surface area contributed by atoms with Gasteiger partial charge in [-0.3, -0.25) is 14.2 Å². The molecule has 0 unspecified atom stereocenters. The van der Waals surface area contributed by atoms with Crippen LogP contribution in [-0.2, 0) is 4.79 Å². The van der Waals surface area contributed by atoms with Crippen molar-refractivity contribution in [3.63, 3.8) is 0 Å². The number of anilines is 1. The summed E-state index contributed by atoms with van der Waals surface area (Å²) in [4.78, 5) is 39.6. The zero-order valence-electron chi connectivity index (χ0n) is 18.9. The lowest BCUT2D eigenvalue weighted by Gasteiger charge is -2.35. The van der Waals surface area contributed by atoms with E-state index in [1.54, 1.807) is 16.8 Å². The second-order valence-corrected chi connectivity index (χ2v) is 9.17. The predicted molar refractivity (Wildman–Crippen MR) is 136 cm³/mol. The fraction of sp³-hybridized carbons (Fsp3) is 0.231. The number of aryl methyl sites for hydroxylation is 1. The van der Waals surface area contributed by atoms with Crippen molar-refractivity contribution in [1.29, 1.82) is 0 Å². The molecule has 0 spiro atoms. The van der Waals surface area contributed by atoms with E-state index in [1.807, 2.05) is 72.5 Å². The molecule has 0 saturated carbocycles. The molecule has 5 rings (SSSR count). The number of rotatable bonds is 5. The Morgan fingerprint density at radius 2 is 1.68 bits per heavy atom. The van der Waals surface area contributed by atoms with Crippen molar-refractivity contribution in [2.75, 3.05) is 36.8 Å². The number of benzene rings is 2. The average molecular weight is 472 g/mol. The first kappa shape index (κ1) is 22.2. The van der Waals surface area contributed by atoms with Crippen LogP contribution in [0.25, 0.3) is 16.6 Å². The molecule has 2 aromatic heterocycles. The van der Waals surface area contributed by atoms with Gasteiger partial charge in [-0.15, -0.1) is 0 Å². The molecule has 1 aliphatic rings. The van der Waals surface area contributed by atoms with Crippen LogP contribution in [0.2, 0.25) is 0 Å². The first-order chi connectivity index (χ1) is 16.6. The first-order valence-electron chi connectivity index (χ1n) is 11.3. The van der Waals surface area contributed by atoms with Crippen molar-refractivity contribution >= 4 is 34.4 Å². The summed E-state index contributed by atoms with van der Waals surface area (Å²) in [7, 11) is 0. The number of amides is 1. The van der Waals surface area contributed by atoms with E-state index in [0.717, 1.165) is 30.2 Å². The van der Waals surface area contributed by atoms with Crippen LogP contribution in [0.1, 0.15) is 5.56 Å². The molecule has 1 aliphatic heterocycles. The standard InChI is InChI=1S/C26H25N5O2S/c1-19-9-11-20(12-10-19)31-25(33)21-6-2-3-7-22(21)28-26(31)34-18-24(32)30-16-14-29(15-17-30)23-8-4-5-13-27-23/h2-13H,14-18H2,1H3. The molecule has 4 aromatic rings. The van der Waals surface area contributed by atoms with E-state index in [1.165, 1.54) is 11.8 Å². The molecule has 1 fully saturated rings. The highest BCUT2D eigenvalue weighted by molar-refractivity contribution is 7.99. The molecule has 3 heterocycles. The van der Waals surface area contributed by atoms with Crippen molar-refractivity contribution in [2.24, 2.45) is 0 Å². The molecule has 8 heteroatoms. The molecule has 1 amide bonds. The largest absolute Gasteiger partial charge is 0.353 e. The summed E-state index contributed by atoms with van der Waals surface area (Å²) in [6.07, 6.45) is 1.79.